The van der Waals surface area contributed by atoms with Gasteiger partial charge < -0.3 is 4.90 Å². The summed E-state index contributed by atoms with van der Waals surface area (Å²) in [4.78, 5) is 18.7. The van der Waals surface area contributed by atoms with E-state index >= 15 is 0 Å². The van der Waals surface area contributed by atoms with Crippen LogP contribution in [-0.2, 0) is 11.3 Å². The standard InChI is InChI=1S/C18H24N4O/c1-15(17-6-3-2-4-7-17)22(12-16-9-10-16)18(23)8-5-11-21-14-19-13-20-21/h2-4,6-7,13-16H,5,8-12H2,1H3/t15-/m1/s1. The molecule has 1 aromatic carbocycles. The lowest BCUT2D eigenvalue weighted by atomic mass is 10.1. The molecule has 5 nitrogen and oxygen atoms in total. The number of carbonyl (C=O) groups excluding carboxylic acids is 1. The lowest BCUT2D eigenvalue weighted by Crippen LogP contribution is -2.35. The van der Waals surface area contributed by atoms with Gasteiger partial charge in [0.2, 0.25) is 5.91 Å². The molecule has 0 saturated heterocycles. The lowest BCUT2D eigenvalue weighted by molar-refractivity contribution is -0.133. The van der Waals surface area contributed by atoms with Crippen molar-refractivity contribution in [1.29, 1.82) is 0 Å². The molecule has 1 aliphatic carbocycles. The fourth-order valence-corrected chi connectivity index (χ4v) is 2.85. The van der Waals surface area contributed by atoms with Crippen molar-refractivity contribution in [2.75, 3.05) is 6.54 Å². The number of nitrogens with zero attached hydrogens (tertiary/aromatic N) is 4. The summed E-state index contributed by atoms with van der Waals surface area (Å²) in [5.74, 6) is 0.939. The van der Waals surface area contributed by atoms with Gasteiger partial charge in [0.1, 0.15) is 12.7 Å². The van der Waals surface area contributed by atoms with Gasteiger partial charge in [-0.1, -0.05) is 30.3 Å². The number of amides is 1. The molecule has 0 aliphatic heterocycles. The van der Waals surface area contributed by atoms with Crippen molar-refractivity contribution in [2.45, 2.75) is 45.2 Å². The van der Waals surface area contributed by atoms with Crippen LogP contribution in [0.5, 0.6) is 0 Å². The molecule has 1 aromatic heterocycles. The summed E-state index contributed by atoms with van der Waals surface area (Å²) < 4.78 is 1.78. The molecule has 1 atom stereocenters. The molecule has 2 aromatic rings. The third kappa shape index (κ3) is 4.41. The van der Waals surface area contributed by atoms with E-state index in [0.717, 1.165) is 19.5 Å². The molecule has 23 heavy (non-hydrogen) atoms. The SMILES string of the molecule is C[C@H](c1ccccc1)N(CC1CC1)C(=O)CCCn1cncn1. The van der Waals surface area contributed by atoms with Crippen molar-refractivity contribution in [3.63, 3.8) is 0 Å². The van der Waals surface area contributed by atoms with E-state index in [1.165, 1.54) is 24.7 Å². The topological polar surface area (TPSA) is 51.0 Å². The summed E-state index contributed by atoms with van der Waals surface area (Å²) in [5.41, 5.74) is 1.21. The number of aryl methyl sites for hydroxylation is 1. The van der Waals surface area contributed by atoms with E-state index in [1.807, 2.05) is 18.2 Å². The molecule has 1 fully saturated rings. The fourth-order valence-electron chi connectivity index (χ4n) is 2.85. The van der Waals surface area contributed by atoms with Crippen LogP contribution in [0.3, 0.4) is 0 Å². The molecule has 0 radical (unpaired) electrons. The third-order valence-electron chi connectivity index (χ3n) is 4.47. The quantitative estimate of drug-likeness (QED) is 0.753. The molecular formula is C18H24N4O. The highest BCUT2D eigenvalue weighted by Gasteiger charge is 2.29. The van der Waals surface area contributed by atoms with Gasteiger partial charge in [-0.3, -0.25) is 9.48 Å². The Bertz CT molecular complexity index is 607. The van der Waals surface area contributed by atoms with E-state index in [1.54, 1.807) is 11.0 Å². The van der Waals surface area contributed by atoms with Crippen LogP contribution < -0.4 is 0 Å². The van der Waals surface area contributed by atoms with E-state index in [-0.39, 0.29) is 11.9 Å². The summed E-state index contributed by atoms with van der Waals surface area (Å²) in [6.07, 6.45) is 7.08. The Morgan fingerprint density at radius 1 is 1.35 bits per heavy atom. The Labute approximate surface area is 137 Å². The van der Waals surface area contributed by atoms with Crippen molar-refractivity contribution in [3.05, 3.63) is 48.5 Å². The molecule has 1 aliphatic rings. The van der Waals surface area contributed by atoms with Crippen molar-refractivity contribution in [3.8, 4) is 0 Å². The smallest absolute Gasteiger partial charge is 0.223 e. The zero-order chi connectivity index (χ0) is 16.1. The highest BCUT2D eigenvalue weighted by molar-refractivity contribution is 5.76. The second-order valence-electron chi connectivity index (χ2n) is 6.34. The molecule has 5 heteroatoms. The monoisotopic (exact) mass is 312 g/mol. The molecule has 0 N–H and O–H groups in total. The van der Waals surface area contributed by atoms with E-state index in [9.17, 15) is 4.79 Å². The van der Waals surface area contributed by atoms with Gasteiger partial charge in [-0.05, 0) is 37.7 Å². The predicted octanol–water partition coefficient (Wildman–Crippen LogP) is 3.06. The number of rotatable bonds is 8. The van der Waals surface area contributed by atoms with Crippen molar-refractivity contribution < 1.29 is 4.79 Å². The average Bonchev–Trinajstić information content (AvgIpc) is 3.26. The molecule has 0 bridgehead atoms. The maximum absolute atomic E-state index is 12.7. The second-order valence-corrected chi connectivity index (χ2v) is 6.34. The number of carbonyl (C=O) groups is 1. The number of hydrogen-bond donors (Lipinski definition) is 0. The van der Waals surface area contributed by atoms with Crippen LogP contribution in [0.1, 0.15) is 44.2 Å². The minimum absolute atomic E-state index is 0.135. The van der Waals surface area contributed by atoms with E-state index in [0.29, 0.717) is 12.3 Å². The maximum atomic E-state index is 12.7. The average molecular weight is 312 g/mol. The zero-order valence-corrected chi connectivity index (χ0v) is 13.6. The van der Waals surface area contributed by atoms with Crippen LogP contribution in [0, 0.1) is 5.92 Å². The van der Waals surface area contributed by atoms with Crippen LogP contribution in [0.2, 0.25) is 0 Å². The first-order valence-electron chi connectivity index (χ1n) is 8.41. The Kier molecular flexibility index (Phi) is 5.05. The summed E-state index contributed by atoms with van der Waals surface area (Å²) >= 11 is 0. The van der Waals surface area contributed by atoms with Crippen LogP contribution in [-0.4, -0.2) is 32.1 Å². The molecular weight excluding hydrogens is 288 g/mol. The largest absolute Gasteiger partial charge is 0.336 e. The van der Waals surface area contributed by atoms with E-state index in [2.05, 4.69) is 34.0 Å². The minimum atomic E-state index is 0.135. The van der Waals surface area contributed by atoms with Crippen LogP contribution in [0.25, 0.3) is 0 Å². The summed E-state index contributed by atoms with van der Waals surface area (Å²) in [7, 11) is 0. The molecule has 122 valence electrons. The minimum Gasteiger partial charge on any atom is -0.336 e. The van der Waals surface area contributed by atoms with Gasteiger partial charge in [0.25, 0.3) is 0 Å². The first-order valence-corrected chi connectivity index (χ1v) is 8.41. The van der Waals surface area contributed by atoms with Gasteiger partial charge in [0, 0.05) is 19.5 Å². The summed E-state index contributed by atoms with van der Waals surface area (Å²) in [5, 5.41) is 4.08. The maximum Gasteiger partial charge on any atom is 0.223 e. The van der Waals surface area contributed by atoms with Gasteiger partial charge in [0.15, 0.2) is 0 Å². The first kappa shape index (κ1) is 15.7. The van der Waals surface area contributed by atoms with Gasteiger partial charge in [-0.25, -0.2) is 4.98 Å². The van der Waals surface area contributed by atoms with Crippen molar-refractivity contribution in [1.82, 2.24) is 19.7 Å². The second kappa shape index (κ2) is 7.40. The normalized spacial score (nSPS) is 15.3. The van der Waals surface area contributed by atoms with Crippen molar-refractivity contribution in [2.24, 2.45) is 5.92 Å². The van der Waals surface area contributed by atoms with Crippen LogP contribution in [0.15, 0.2) is 43.0 Å². The Morgan fingerprint density at radius 2 is 2.13 bits per heavy atom. The van der Waals surface area contributed by atoms with E-state index < -0.39 is 0 Å². The Morgan fingerprint density at radius 3 is 2.78 bits per heavy atom. The predicted molar refractivity (Wildman–Crippen MR) is 88.6 cm³/mol. The number of aromatic nitrogens is 3. The van der Waals surface area contributed by atoms with Gasteiger partial charge >= 0.3 is 0 Å². The molecule has 1 saturated carbocycles. The van der Waals surface area contributed by atoms with Crippen LogP contribution >= 0.6 is 0 Å². The van der Waals surface area contributed by atoms with Crippen molar-refractivity contribution >= 4 is 5.91 Å². The highest BCUT2D eigenvalue weighted by Crippen LogP contribution is 2.33. The Hall–Kier alpha value is -2.17. The first-order chi connectivity index (χ1) is 11.2. The van der Waals surface area contributed by atoms with Gasteiger partial charge in [-0.2, -0.15) is 5.10 Å². The Balaban J connectivity index is 1.59. The molecule has 1 amide bonds. The highest BCUT2D eigenvalue weighted by atomic mass is 16.2. The number of benzene rings is 1. The summed E-state index contributed by atoms with van der Waals surface area (Å²) in [6, 6.07) is 10.4. The van der Waals surface area contributed by atoms with Crippen LogP contribution in [0.4, 0.5) is 0 Å². The van der Waals surface area contributed by atoms with E-state index in [4.69, 9.17) is 0 Å². The van der Waals surface area contributed by atoms with Gasteiger partial charge in [0.05, 0.1) is 6.04 Å². The molecule has 1 heterocycles. The third-order valence-corrected chi connectivity index (χ3v) is 4.47. The zero-order valence-electron chi connectivity index (χ0n) is 13.6. The molecule has 0 spiro atoms. The number of hydrogen-bond acceptors (Lipinski definition) is 3. The molecule has 3 rings (SSSR count). The van der Waals surface area contributed by atoms with Gasteiger partial charge in [-0.15, -0.1) is 0 Å². The molecule has 0 unspecified atom stereocenters. The summed E-state index contributed by atoms with van der Waals surface area (Å²) in [6.45, 7) is 3.76. The fraction of sp³-hybridized carbons (Fsp3) is 0.500. The lowest BCUT2D eigenvalue weighted by Gasteiger charge is -2.30.